The standard InChI is InChI=1S/C19H19N3O3S2/c1-25-18(24)13-8-10-26-17(13)21-16(23)12-5-4-9-22(11-12)19-20-14-6-2-3-7-15(14)27-19/h2-3,6-8,10,12H,4-5,9,11H2,1H3,(H,21,23)/t12-/m0/s1. The number of hydrogen-bond donors (Lipinski definition) is 1. The van der Waals surface area contributed by atoms with Gasteiger partial charge in [-0.2, -0.15) is 0 Å². The van der Waals surface area contributed by atoms with E-state index < -0.39 is 5.97 Å². The summed E-state index contributed by atoms with van der Waals surface area (Å²) in [7, 11) is 1.34. The molecule has 0 spiro atoms. The van der Waals surface area contributed by atoms with Crippen molar-refractivity contribution < 1.29 is 14.3 Å². The molecule has 3 aromatic rings. The van der Waals surface area contributed by atoms with Gasteiger partial charge in [0.05, 0.1) is 28.8 Å². The number of rotatable bonds is 4. The Labute approximate surface area is 164 Å². The van der Waals surface area contributed by atoms with E-state index in [0.29, 0.717) is 17.1 Å². The smallest absolute Gasteiger partial charge is 0.340 e. The van der Waals surface area contributed by atoms with Gasteiger partial charge in [-0.15, -0.1) is 11.3 Å². The molecule has 1 amide bonds. The van der Waals surface area contributed by atoms with Gasteiger partial charge in [-0.3, -0.25) is 4.79 Å². The third-order valence-corrected chi connectivity index (χ3v) is 6.58. The molecule has 1 aliphatic rings. The average Bonchev–Trinajstić information content (AvgIpc) is 3.34. The van der Waals surface area contributed by atoms with Gasteiger partial charge in [0.25, 0.3) is 0 Å². The number of amides is 1. The highest BCUT2D eigenvalue weighted by molar-refractivity contribution is 7.22. The van der Waals surface area contributed by atoms with Gasteiger partial charge in [0, 0.05) is 13.1 Å². The molecule has 4 rings (SSSR count). The number of thiophene rings is 1. The second-order valence-corrected chi connectivity index (χ2v) is 8.32. The molecule has 0 saturated carbocycles. The predicted molar refractivity (Wildman–Crippen MR) is 109 cm³/mol. The van der Waals surface area contributed by atoms with E-state index in [2.05, 4.69) is 16.3 Å². The summed E-state index contributed by atoms with van der Waals surface area (Å²) in [5, 5.41) is 6.19. The summed E-state index contributed by atoms with van der Waals surface area (Å²) in [5.41, 5.74) is 1.39. The molecule has 1 atom stereocenters. The van der Waals surface area contributed by atoms with Gasteiger partial charge in [-0.1, -0.05) is 23.5 Å². The molecule has 1 aliphatic heterocycles. The quantitative estimate of drug-likeness (QED) is 0.669. The lowest BCUT2D eigenvalue weighted by atomic mass is 9.97. The maximum atomic E-state index is 12.8. The number of ether oxygens (including phenoxy) is 1. The molecule has 1 aromatic carbocycles. The van der Waals surface area contributed by atoms with Gasteiger partial charge >= 0.3 is 5.97 Å². The summed E-state index contributed by atoms with van der Waals surface area (Å²) in [6.07, 6.45) is 1.76. The van der Waals surface area contributed by atoms with Crippen LogP contribution in [0, 0.1) is 5.92 Å². The van der Waals surface area contributed by atoms with Gasteiger partial charge in [-0.05, 0) is 36.4 Å². The molecule has 6 nitrogen and oxygen atoms in total. The Morgan fingerprint density at radius 3 is 2.96 bits per heavy atom. The largest absolute Gasteiger partial charge is 0.465 e. The van der Waals surface area contributed by atoms with Crippen LogP contribution in [0.1, 0.15) is 23.2 Å². The topological polar surface area (TPSA) is 71.5 Å². The summed E-state index contributed by atoms with van der Waals surface area (Å²) in [6.45, 7) is 1.53. The summed E-state index contributed by atoms with van der Waals surface area (Å²) >= 11 is 2.99. The van der Waals surface area contributed by atoms with E-state index >= 15 is 0 Å². The molecule has 27 heavy (non-hydrogen) atoms. The molecule has 1 N–H and O–H groups in total. The van der Waals surface area contributed by atoms with Crippen LogP contribution in [-0.2, 0) is 9.53 Å². The first-order valence-electron chi connectivity index (χ1n) is 8.73. The van der Waals surface area contributed by atoms with E-state index in [4.69, 9.17) is 9.72 Å². The molecule has 0 aliphatic carbocycles. The van der Waals surface area contributed by atoms with E-state index in [1.807, 2.05) is 18.2 Å². The zero-order chi connectivity index (χ0) is 18.8. The molecular weight excluding hydrogens is 382 g/mol. The van der Waals surface area contributed by atoms with Crippen molar-refractivity contribution in [1.29, 1.82) is 0 Å². The lowest BCUT2D eigenvalue weighted by molar-refractivity contribution is -0.120. The van der Waals surface area contributed by atoms with Crippen molar-refractivity contribution in [3.05, 3.63) is 41.3 Å². The first kappa shape index (κ1) is 17.9. The number of piperidine rings is 1. The van der Waals surface area contributed by atoms with Crippen molar-refractivity contribution >= 4 is 54.9 Å². The van der Waals surface area contributed by atoms with Gasteiger partial charge in [0.2, 0.25) is 5.91 Å². The van der Waals surface area contributed by atoms with Crippen LogP contribution in [0.5, 0.6) is 0 Å². The number of nitrogens with zero attached hydrogens (tertiary/aromatic N) is 2. The average molecular weight is 402 g/mol. The van der Waals surface area contributed by atoms with Crippen LogP contribution in [0.15, 0.2) is 35.7 Å². The molecule has 8 heteroatoms. The Morgan fingerprint density at radius 1 is 1.30 bits per heavy atom. The molecule has 140 valence electrons. The van der Waals surface area contributed by atoms with Crippen LogP contribution in [0.2, 0.25) is 0 Å². The van der Waals surface area contributed by atoms with Crippen molar-refractivity contribution in [2.75, 3.05) is 30.4 Å². The lowest BCUT2D eigenvalue weighted by Gasteiger charge is -2.31. The highest BCUT2D eigenvalue weighted by Gasteiger charge is 2.28. The number of carbonyl (C=O) groups is 2. The minimum atomic E-state index is -0.439. The number of fused-ring (bicyclic) bond motifs is 1. The number of carbonyl (C=O) groups excluding carboxylic acids is 2. The Balaban J connectivity index is 1.47. The monoisotopic (exact) mass is 401 g/mol. The Kier molecular flexibility index (Phi) is 5.09. The van der Waals surface area contributed by atoms with Crippen molar-refractivity contribution in [3.8, 4) is 0 Å². The Bertz CT molecular complexity index is 948. The number of hydrogen-bond acceptors (Lipinski definition) is 7. The molecule has 1 saturated heterocycles. The van der Waals surface area contributed by atoms with Crippen LogP contribution in [0.4, 0.5) is 10.1 Å². The molecule has 1 fully saturated rings. The maximum absolute atomic E-state index is 12.8. The predicted octanol–water partition coefficient (Wildman–Crippen LogP) is 4.00. The zero-order valence-corrected chi connectivity index (χ0v) is 16.4. The van der Waals surface area contributed by atoms with Gasteiger partial charge in [-0.25, -0.2) is 9.78 Å². The molecule has 0 radical (unpaired) electrons. The van der Waals surface area contributed by atoms with E-state index in [1.54, 1.807) is 22.8 Å². The molecule has 0 bridgehead atoms. The first-order valence-corrected chi connectivity index (χ1v) is 10.4. The fourth-order valence-electron chi connectivity index (χ4n) is 3.25. The van der Waals surface area contributed by atoms with E-state index in [-0.39, 0.29) is 11.8 Å². The van der Waals surface area contributed by atoms with Crippen LogP contribution >= 0.6 is 22.7 Å². The minimum Gasteiger partial charge on any atom is -0.465 e. The van der Waals surface area contributed by atoms with Crippen LogP contribution in [-0.4, -0.2) is 37.1 Å². The highest BCUT2D eigenvalue weighted by atomic mass is 32.1. The van der Waals surface area contributed by atoms with E-state index in [9.17, 15) is 9.59 Å². The third-order valence-electron chi connectivity index (χ3n) is 4.65. The SMILES string of the molecule is COC(=O)c1ccsc1NC(=O)[C@H]1CCCN(c2nc3ccccc3s2)C1. The number of methoxy groups -OCH3 is 1. The van der Waals surface area contributed by atoms with Crippen LogP contribution < -0.4 is 10.2 Å². The number of aromatic nitrogens is 1. The summed E-state index contributed by atoms with van der Waals surface area (Å²) in [6, 6.07) is 9.74. The van der Waals surface area contributed by atoms with E-state index in [1.165, 1.54) is 18.4 Å². The zero-order valence-electron chi connectivity index (χ0n) is 14.8. The summed E-state index contributed by atoms with van der Waals surface area (Å²) in [5.74, 6) is -0.641. The summed E-state index contributed by atoms with van der Waals surface area (Å²) in [4.78, 5) is 31.5. The highest BCUT2D eigenvalue weighted by Crippen LogP contribution is 2.32. The van der Waals surface area contributed by atoms with Gasteiger partial charge < -0.3 is 15.0 Å². The third kappa shape index (κ3) is 3.68. The normalized spacial score (nSPS) is 17.1. The first-order chi connectivity index (χ1) is 13.2. The number of nitrogens with one attached hydrogen (secondary N) is 1. The van der Waals surface area contributed by atoms with Crippen LogP contribution in [0.3, 0.4) is 0 Å². The van der Waals surface area contributed by atoms with Crippen molar-refractivity contribution in [2.24, 2.45) is 5.92 Å². The number of esters is 1. The van der Waals surface area contributed by atoms with Crippen molar-refractivity contribution in [2.45, 2.75) is 12.8 Å². The number of benzene rings is 1. The molecule has 2 aromatic heterocycles. The van der Waals surface area contributed by atoms with E-state index in [0.717, 1.165) is 34.7 Å². The number of thiazole rings is 1. The molecular formula is C19H19N3O3S2. The fourth-order valence-corrected chi connectivity index (χ4v) is 5.03. The van der Waals surface area contributed by atoms with Crippen LogP contribution in [0.25, 0.3) is 10.2 Å². The fraction of sp³-hybridized carbons (Fsp3) is 0.316. The van der Waals surface area contributed by atoms with Crippen molar-refractivity contribution in [3.63, 3.8) is 0 Å². The number of anilines is 2. The molecule has 3 heterocycles. The van der Waals surface area contributed by atoms with Gasteiger partial charge in [0.15, 0.2) is 5.13 Å². The second kappa shape index (κ2) is 7.66. The lowest BCUT2D eigenvalue weighted by Crippen LogP contribution is -2.40. The van der Waals surface area contributed by atoms with Crippen molar-refractivity contribution in [1.82, 2.24) is 4.98 Å². The van der Waals surface area contributed by atoms with Gasteiger partial charge in [0.1, 0.15) is 5.00 Å². The number of para-hydroxylation sites is 1. The Morgan fingerprint density at radius 2 is 2.15 bits per heavy atom. The maximum Gasteiger partial charge on any atom is 0.340 e. The molecule has 0 unspecified atom stereocenters. The second-order valence-electron chi connectivity index (χ2n) is 6.39. The Hall–Kier alpha value is -2.45. The summed E-state index contributed by atoms with van der Waals surface area (Å²) < 4.78 is 5.92. The minimum absolute atomic E-state index is 0.0617.